The molecule has 2 aromatic carbocycles. The molecule has 1 atom stereocenters. The van der Waals surface area contributed by atoms with Crippen molar-refractivity contribution in [1.82, 2.24) is 20.4 Å². The molecule has 0 radical (unpaired) electrons. The average Bonchev–Trinajstić information content (AvgIpc) is 3.00. The van der Waals surface area contributed by atoms with Crippen LogP contribution in [0, 0.1) is 0 Å². The van der Waals surface area contributed by atoms with Crippen LogP contribution in [0.5, 0.6) is 11.5 Å². The summed E-state index contributed by atoms with van der Waals surface area (Å²) < 4.78 is 0. The van der Waals surface area contributed by atoms with E-state index >= 15 is 0 Å². The zero-order valence-electron chi connectivity index (χ0n) is 12.8. The van der Waals surface area contributed by atoms with Crippen LogP contribution in [0.2, 0.25) is 0 Å². The lowest BCUT2D eigenvalue weighted by Crippen LogP contribution is -2.28. The van der Waals surface area contributed by atoms with Crippen LogP contribution in [-0.4, -0.2) is 37.3 Å². The highest BCUT2D eigenvalue weighted by atomic mass is 16.3. The molecule has 1 amide bonds. The number of aromatic nitrogens is 3. The molecular formula is C16H15N5O3. The maximum atomic E-state index is 12.1. The largest absolute Gasteiger partial charge is 0.508 e. The van der Waals surface area contributed by atoms with Gasteiger partial charge in [-0.15, -0.1) is 0 Å². The molecule has 1 heterocycles. The van der Waals surface area contributed by atoms with Crippen LogP contribution >= 0.6 is 0 Å². The van der Waals surface area contributed by atoms with Gasteiger partial charge < -0.3 is 10.2 Å². The lowest BCUT2D eigenvalue weighted by Gasteiger charge is -2.08. The first kappa shape index (κ1) is 15.5. The predicted octanol–water partition coefficient (Wildman–Crippen LogP) is 1.55. The van der Waals surface area contributed by atoms with Gasteiger partial charge in [-0.25, -0.2) is 5.43 Å². The minimum atomic E-state index is -0.650. The van der Waals surface area contributed by atoms with Crippen molar-refractivity contribution >= 4 is 23.2 Å². The molecule has 0 fully saturated rings. The van der Waals surface area contributed by atoms with Gasteiger partial charge in [-0.05, 0) is 31.2 Å². The number of aromatic hydroxyl groups is 2. The molecular weight excluding hydrogens is 310 g/mol. The third kappa shape index (κ3) is 3.17. The summed E-state index contributed by atoms with van der Waals surface area (Å²) in [5.41, 5.74) is 4.14. The number of rotatable bonds is 4. The zero-order chi connectivity index (χ0) is 17.1. The second kappa shape index (κ2) is 6.37. The van der Waals surface area contributed by atoms with E-state index in [0.29, 0.717) is 16.6 Å². The number of hydrogen-bond acceptors (Lipinski definition) is 6. The molecule has 0 aliphatic carbocycles. The lowest BCUT2D eigenvalue weighted by molar-refractivity contribution is -0.124. The lowest BCUT2D eigenvalue weighted by atomic mass is 10.2. The number of nitrogens with zero attached hydrogens (tertiary/aromatic N) is 4. The molecule has 0 aliphatic heterocycles. The number of hydrazone groups is 1. The molecule has 1 unspecified atom stereocenters. The molecule has 122 valence electrons. The predicted molar refractivity (Wildman–Crippen MR) is 87.7 cm³/mol. The highest BCUT2D eigenvalue weighted by Gasteiger charge is 2.17. The Morgan fingerprint density at radius 3 is 2.50 bits per heavy atom. The monoisotopic (exact) mass is 325 g/mol. The first-order chi connectivity index (χ1) is 11.5. The maximum Gasteiger partial charge on any atom is 0.266 e. The van der Waals surface area contributed by atoms with E-state index in [1.54, 1.807) is 6.92 Å². The molecule has 3 rings (SSSR count). The summed E-state index contributed by atoms with van der Waals surface area (Å²) >= 11 is 0. The Kier molecular flexibility index (Phi) is 4.11. The van der Waals surface area contributed by atoms with E-state index < -0.39 is 11.9 Å². The molecule has 8 heteroatoms. The second-order valence-electron chi connectivity index (χ2n) is 5.16. The van der Waals surface area contributed by atoms with E-state index in [-0.39, 0.29) is 11.5 Å². The molecule has 3 aromatic rings. The summed E-state index contributed by atoms with van der Waals surface area (Å²) in [5, 5.41) is 31.2. The molecule has 3 N–H and O–H groups in total. The van der Waals surface area contributed by atoms with Gasteiger partial charge in [-0.3, -0.25) is 4.79 Å². The van der Waals surface area contributed by atoms with E-state index in [9.17, 15) is 15.0 Å². The number of carbonyl (C=O) groups excluding carboxylic acids is 1. The summed E-state index contributed by atoms with van der Waals surface area (Å²) in [6.45, 7) is 1.65. The third-order valence-corrected chi connectivity index (χ3v) is 3.42. The van der Waals surface area contributed by atoms with Gasteiger partial charge in [0.05, 0.1) is 6.21 Å². The fraction of sp³-hybridized carbons (Fsp3) is 0.125. The van der Waals surface area contributed by atoms with Gasteiger partial charge in [0, 0.05) is 11.6 Å². The highest BCUT2D eigenvalue weighted by molar-refractivity contribution is 5.86. The summed E-state index contributed by atoms with van der Waals surface area (Å²) in [7, 11) is 0. The third-order valence-electron chi connectivity index (χ3n) is 3.42. The van der Waals surface area contributed by atoms with Gasteiger partial charge in [-0.1, -0.05) is 12.1 Å². The fourth-order valence-corrected chi connectivity index (χ4v) is 2.05. The SMILES string of the molecule is CC(C(=O)N/N=C/c1ccc(O)cc1O)n1nc2ccccc2n1. The van der Waals surface area contributed by atoms with E-state index in [1.165, 1.54) is 29.2 Å². The van der Waals surface area contributed by atoms with Crippen molar-refractivity contribution in [1.29, 1.82) is 0 Å². The van der Waals surface area contributed by atoms with Crippen molar-refractivity contribution < 1.29 is 15.0 Å². The van der Waals surface area contributed by atoms with Crippen molar-refractivity contribution in [3.05, 3.63) is 48.0 Å². The number of fused-ring (bicyclic) bond motifs is 1. The summed E-state index contributed by atoms with van der Waals surface area (Å²) in [6.07, 6.45) is 1.28. The van der Waals surface area contributed by atoms with Crippen LogP contribution in [0.15, 0.2) is 47.6 Å². The van der Waals surface area contributed by atoms with Crippen LogP contribution in [-0.2, 0) is 4.79 Å². The Hall–Kier alpha value is -3.42. The molecule has 24 heavy (non-hydrogen) atoms. The molecule has 0 bridgehead atoms. The van der Waals surface area contributed by atoms with Gasteiger partial charge in [0.2, 0.25) is 0 Å². The minimum Gasteiger partial charge on any atom is -0.508 e. The Morgan fingerprint density at radius 1 is 1.21 bits per heavy atom. The van der Waals surface area contributed by atoms with E-state index in [2.05, 4.69) is 20.7 Å². The number of amides is 1. The standard InChI is InChI=1S/C16H15N5O3/c1-10(21-19-13-4-2-3-5-14(13)20-21)16(24)18-17-9-11-6-7-12(22)8-15(11)23/h2-10,22-23H,1H3,(H,18,24)/b17-9+. The first-order valence-corrected chi connectivity index (χ1v) is 7.21. The van der Waals surface area contributed by atoms with E-state index in [0.717, 1.165) is 0 Å². The van der Waals surface area contributed by atoms with Gasteiger partial charge in [-0.2, -0.15) is 20.1 Å². The van der Waals surface area contributed by atoms with Gasteiger partial charge in [0.1, 0.15) is 28.6 Å². The molecule has 0 spiro atoms. The zero-order valence-corrected chi connectivity index (χ0v) is 12.8. The Labute approximate surface area is 137 Å². The number of phenols is 2. The molecule has 8 nitrogen and oxygen atoms in total. The number of hydrogen-bond donors (Lipinski definition) is 3. The van der Waals surface area contributed by atoms with Crippen LogP contribution in [0.25, 0.3) is 11.0 Å². The summed E-state index contributed by atoms with van der Waals surface area (Å²) in [5.74, 6) is -0.593. The van der Waals surface area contributed by atoms with Gasteiger partial charge >= 0.3 is 0 Å². The van der Waals surface area contributed by atoms with Crippen molar-refractivity contribution in [2.24, 2.45) is 5.10 Å². The number of carbonyl (C=O) groups is 1. The van der Waals surface area contributed by atoms with Crippen molar-refractivity contribution in [3.8, 4) is 11.5 Å². The van der Waals surface area contributed by atoms with Gasteiger partial charge in [0.15, 0.2) is 0 Å². The minimum absolute atomic E-state index is 0.0564. The number of benzene rings is 2. The Morgan fingerprint density at radius 2 is 1.88 bits per heavy atom. The van der Waals surface area contributed by atoms with Crippen LogP contribution in [0.3, 0.4) is 0 Å². The summed E-state index contributed by atoms with van der Waals surface area (Å²) in [4.78, 5) is 13.4. The maximum absolute atomic E-state index is 12.1. The van der Waals surface area contributed by atoms with Crippen LogP contribution in [0.4, 0.5) is 0 Å². The van der Waals surface area contributed by atoms with E-state index in [1.807, 2.05) is 24.3 Å². The Bertz CT molecular complexity index is 886. The average molecular weight is 325 g/mol. The first-order valence-electron chi connectivity index (χ1n) is 7.21. The Balaban J connectivity index is 1.68. The number of nitrogens with one attached hydrogen (secondary N) is 1. The fourth-order valence-electron chi connectivity index (χ4n) is 2.05. The molecule has 1 aromatic heterocycles. The van der Waals surface area contributed by atoms with Crippen molar-refractivity contribution in [2.75, 3.05) is 0 Å². The van der Waals surface area contributed by atoms with Crippen LogP contribution in [0.1, 0.15) is 18.5 Å². The highest BCUT2D eigenvalue weighted by Crippen LogP contribution is 2.20. The molecule has 0 saturated heterocycles. The quantitative estimate of drug-likeness (QED) is 0.497. The summed E-state index contributed by atoms with van der Waals surface area (Å²) in [6, 6.07) is 10.7. The smallest absolute Gasteiger partial charge is 0.266 e. The second-order valence-corrected chi connectivity index (χ2v) is 5.16. The van der Waals surface area contributed by atoms with Crippen LogP contribution < -0.4 is 5.43 Å². The van der Waals surface area contributed by atoms with E-state index in [4.69, 9.17) is 0 Å². The topological polar surface area (TPSA) is 113 Å². The molecule has 0 saturated carbocycles. The van der Waals surface area contributed by atoms with Crippen molar-refractivity contribution in [3.63, 3.8) is 0 Å². The number of phenolic OH excluding ortho intramolecular Hbond substituents is 2. The molecule has 0 aliphatic rings. The van der Waals surface area contributed by atoms with Crippen molar-refractivity contribution in [2.45, 2.75) is 13.0 Å². The normalized spacial score (nSPS) is 12.5. The van der Waals surface area contributed by atoms with Gasteiger partial charge in [0.25, 0.3) is 5.91 Å².